The maximum Gasteiger partial charge on any atom is 0.244 e. The molecule has 1 aromatic carbocycles. The largest absolute Gasteiger partial charge is 0.351 e. The molecule has 0 spiro atoms. The van der Waals surface area contributed by atoms with Crippen molar-refractivity contribution >= 4 is 11.9 Å². The van der Waals surface area contributed by atoms with Crippen LogP contribution >= 0.6 is 0 Å². The Bertz CT molecular complexity index is 1490. The lowest BCUT2D eigenvalue weighted by Crippen LogP contribution is -2.38. The van der Waals surface area contributed by atoms with Gasteiger partial charge in [-0.1, -0.05) is 37.6 Å². The molecule has 0 atom stereocenters. The van der Waals surface area contributed by atoms with E-state index in [9.17, 15) is 4.79 Å². The van der Waals surface area contributed by atoms with E-state index in [2.05, 4.69) is 51.9 Å². The van der Waals surface area contributed by atoms with Crippen molar-refractivity contribution in [1.29, 1.82) is 0 Å². The number of H-pyrrole nitrogens is 1. The van der Waals surface area contributed by atoms with Crippen molar-refractivity contribution in [3.8, 4) is 11.1 Å². The summed E-state index contributed by atoms with van der Waals surface area (Å²) in [6.07, 6.45) is 14.5. The summed E-state index contributed by atoms with van der Waals surface area (Å²) in [6.45, 7) is 3.62. The SMILES string of the molecule is CCC1CCC(c2nn(CC(=O)N3CCc4n[nH]nc4C3)cc2-c2cnc(NC3Cc4ccccc4C3)nc2)CC1. The second-order valence-electron chi connectivity index (χ2n) is 11.8. The number of hydrogen-bond acceptors (Lipinski definition) is 7. The first-order chi connectivity index (χ1) is 20.1. The van der Waals surface area contributed by atoms with Crippen LogP contribution in [0.25, 0.3) is 11.1 Å². The van der Waals surface area contributed by atoms with E-state index < -0.39 is 0 Å². The Morgan fingerprint density at radius 2 is 1.76 bits per heavy atom. The van der Waals surface area contributed by atoms with Crippen molar-refractivity contribution in [3.05, 3.63) is 71.1 Å². The highest BCUT2D eigenvalue weighted by Crippen LogP contribution is 2.40. The van der Waals surface area contributed by atoms with Gasteiger partial charge in [0.05, 0.1) is 17.9 Å². The predicted molar refractivity (Wildman–Crippen MR) is 155 cm³/mol. The van der Waals surface area contributed by atoms with Gasteiger partial charge in [0.2, 0.25) is 11.9 Å². The molecule has 2 N–H and O–H groups in total. The Labute approximate surface area is 240 Å². The van der Waals surface area contributed by atoms with Crippen LogP contribution in [0.3, 0.4) is 0 Å². The highest BCUT2D eigenvalue weighted by atomic mass is 16.2. The lowest BCUT2D eigenvalue weighted by atomic mass is 9.78. The minimum Gasteiger partial charge on any atom is -0.351 e. The number of nitrogens with one attached hydrogen (secondary N) is 2. The summed E-state index contributed by atoms with van der Waals surface area (Å²) >= 11 is 0. The molecule has 0 saturated heterocycles. The molecule has 212 valence electrons. The van der Waals surface area contributed by atoms with Crippen LogP contribution in [-0.2, 0) is 37.1 Å². The van der Waals surface area contributed by atoms with Crippen molar-refractivity contribution in [3.63, 3.8) is 0 Å². The van der Waals surface area contributed by atoms with E-state index >= 15 is 0 Å². The third kappa shape index (κ3) is 5.35. The number of nitrogens with zero attached hydrogens (tertiary/aromatic N) is 7. The molecule has 10 heteroatoms. The second kappa shape index (κ2) is 11.1. The number of aromatic nitrogens is 7. The summed E-state index contributed by atoms with van der Waals surface area (Å²) in [6, 6.07) is 8.92. The number of rotatable bonds is 7. The minimum absolute atomic E-state index is 0.0438. The van der Waals surface area contributed by atoms with Gasteiger partial charge < -0.3 is 10.2 Å². The van der Waals surface area contributed by atoms with Gasteiger partial charge in [0.25, 0.3) is 0 Å². The Kier molecular flexibility index (Phi) is 6.98. The standard InChI is InChI=1S/C31H37N9O/c1-2-20-7-9-21(10-8-20)30-26(17-40(37-30)19-29(41)39-12-11-27-28(18-39)36-38-35-27)24-15-32-31(33-16-24)34-25-13-22-5-3-4-6-23(22)14-25/h3-6,15-17,20-21,25H,2,7-14,18-19H2,1H3,(H,32,33,34)(H,35,36,38). The number of hydrogen-bond donors (Lipinski definition) is 2. The van der Waals surface area contributed by atoms with Gasteiger partial charge in [-0.3, -0.25) is 9.48 Å². The number of carbonyl (C=O) groups is 1. The van der Waals surface area contributed by atoms with Crippen molar-refractivity contribution in [2.75, 3.05) is 11.9 Å². The molecule has 41 heavy (non-hydrogen) atoms. The number of carbonyl (C=O) groups excluding carboxylic acids is 1. The van der Waals surface area contributed by atoms with Crippen LogP contribution < -0.4 is 5.32 Å². The fraction of sp³-hybridized carbons (Fsp3) is 0.484. The number of benzene rings is 1. The number of fused-ring (bicyclic) bond motifs is 2. The van der Waals surface area contributed by atoms with Crippen LogP contribution in [0.1, 0.15) is 73.2 Å². The quantitative estimate of drug-likeness (QED) is 0.352. The fourth-order valence-electron chi connectivity index (χ4n) is 6.82. The molecule has 1 amide bonds. The zero-order chi connectivity index (χ0) is 27.8. The fourth-order valence-corrected chi connectivity index (χ4v) is 6.82. The zero-order valence-electron chi connectivity index (χ0n) is 23.6. The van der Waals surface area contributed by atoms with Crippen molar-refractivity contribution in [1.82, 2.24) is 40.1 Å². The van der Waals surface area contributed by atoms with Crippen LogP contribution in [0.4, 0.5) is 5.95 Å². The van der Waals surface area contributed by atoms with E-state index in [0.29, 0.717) is 31.0 Å². The van der Waals surface area contributed by atoms with Gasteiger partial charge in [-0.05, 0) is 55.6 Å². The van der Waals surface area contributed by atoms with Gasteiger partial charge >= 0.3 is 0 Å². The normalized spacial score (nSPS) is 20.6. The van der Waals surface area contributed by atoms with Crippen LogP contribution in [0.5, 0.6) is 0 Å². The van der Waals surface area contributed by atoms with Gasteiger partial charge in [-0.2, -0.15) is 20.5 Å². The van der Waals surface area contributed by atoms with Crippen LogP contribution in [0.2, 0.25) is 0 Å². The van der Waals surface area contributed by atoms with Crippen molar-refractivity contribution in [2.45, 2.75) is 83.3 Å². The molecule has 2 aliphatic carbocycles. The third-order valence-corrected chi connectivity index (χ3v) is 9.26. The summed E-state index contributed by atoms with van der Waals surface area (Å²) in [7, 11) is 0. The first-order valence-electron chi connectivity index (χ1n) is 15.0. The average molecular weight is 552 g/mol. The van der Waals surface area contributed by atoms with Gasteiger partial charge in [-0.25, -0.2) is 9.97 Å². The maximum absolute atomic E-state index is 13.3. The molecule has 1 fully saturated rings. The second-order valence-corrected chi connectivity index (χ2v) is 11.8. The Morgan fingerprint density at radius 1 is 1.02 bits per heavy atom. The van der Waals surface area contributed by atoms with Crippen LogP contribution in [0, 0.1) is 5.92 Å². The van der Waals surface area contributed by atoms with E-state index in [1.165, 1.54) is 30.4 Å². The summed E-state index contributed by atoms with van der Waals surface area (Å²) in [5, 5.41) is 19.6. The molecule has 0 bridgehead atoms. The summed E-state index contributed by atoms with van der Waals surface area (Å²) < 4.78 is 1.82. The lowest BCUT2D eigenvalue weighted by Gasteiger charge is -2.27. The monoisotopic (exact) mass is 551 g/mol. The molecular formula is C31H37N9O. The molecule has 1 aliphatic heterocycles. The van der Waals surface area contributed by atoms with E-state index in [4.69, 9.17) is 15.1 Å². The lowest BCUT2D eigenvalue weighted by molar-refractivity contribution is -0.133. The maximum atomic E-state index is 13.3. The molecule has 1 saturated carbocycles. The van der Waals surface area contributed by atoms with E-state index in [1.54, 1.807) is 0 Å². The van der Waals surface area contributed by atoms with E-state index in [1.807, 2.05) is 28.2 Å². The highest BCUT2D eigenvalue weighted by Gasteiger charge is 2.29. The Balaban J connectivity index is 1.09. The first kappa shape index (κ1) is 25.9. The zero-order valence-corrected chi connectivity index (χ0v) is 23.6. The number of amides is 1. The smallest absolute Gasteiger partial charge is 0.244 e. The molecule has 4 heterocycles. The van der Waals surface area contributed by atoms with Crippen molar-refractivity contribution < 1.29 is 4.79 Å². The molecule has 7 rings (SSSR count). The average Bonchev–Trinajstić information content (AvgIpc) is 3.75. The third-order valence-electron chi connectivity index (χ3n) is 9.26. The molecular weight excluding hydrogens is 514 g/mol. The predicted octanol–water partition coefficient (Wildman–Crippen LogP) is 4.31. The van der Waals surface area contributed by atoms with Gasteiger partial charge in [-0.15, -0.1) is 0 Å². The number of aromatic amines is 1. The van der Waals surface area contributed by atoms with E-state index in [-0.39, 0.29) is 12.5 Å². The molecule has 0 radical (unpaired) electrons. The minimum atomic E-state index is 0.0438. The van der Waals surface area contributed by atoms with Gasteiger partial charge in [0.1, 0.15) is 12.2 Å². The molecule has 3 aromatic heterocycles. The van der Waals surface area contributed by atoms with Gasteiger partial charge in [0.15, 0.2) is 0 Å². The summed E-state index contributed by atoms with van der Waals surface area (Å²) in [5.41, 5.74) is 7.66. The Morgan fingerprint density at radius 3 is 2.49 bits per heavy atom. The molecule has 0 unspecified atom stereocenters. The number of anilines is 1. The molecule has 10 nitrogen and oxygen atoms in total. The van der Waals surface area contributed by atoms with E-state index in [0.717, 1.165) is 66.2 Å². The van der Waals surface area contributed by atoms with Crippen LogP contribution in [-0.4, -0.2) is 58.6 Å². The highest BCUT2D eigenvalue weighted by molar-refractivity contribution is 5.76. The summed E-state index contributed by atoms with van der Waals surface area (Å²) in [4.78, 5) is 24.5. The first-order valence-corrected chi connectivity index (χ1v) is 15.0. The topological polar surface area (TPSA) is 118 Å². The Hall–Kier alpha value is -4.08. The molecule has 4 aromatic rings. The summed E-state index contributed by atoms with van der Waals surface area (Å²) in [5.74, 6) is 1.87. The van der Waals surface area contributed by atoms with Crippen molar-refractivity contribution in [2.24, 2.45) is 5.92 Å². The van der Waals surface area contributed by atoms with Gasteiger partial charge in [0, 0.05) is 54.6 Å². The molecule has 3 aliphatic rings. The van der Waals surface area contributed by atoms with Crippen LogP contribution in [0.15, 0.2) is 42.9 Å².